The topological polar surface area (TPSA) is 95.2 Å². The summed E-state index contributed by atoms with van der Waals surface area (Å²) >= 11 is 1.61. The highest BCUT2D eigenvalue weighted by Gasteiger charge is 2.31. The van der Waals surface area contributed by atoms with E-state index < -0.39 is 10.0 Å². The molecule has 1 saturated heterocycles. The molecule has 2 N–H and O–H groups in total. The minimum absolute atomic E-state index is 0.204. The Balaban J connectivity index is 1.23. The summed E-state index contributed by atoms with van der Waals surface area (Å²) in [6, 6.07) is 21.8. The van der Waals surface area contributed by atoms with Gasteiger partial charge in [-0.05, 0) is 67.1 Å². The molecule has 36 heavy (non-hydrogen) atoms. The molecule has 9 heteroatoms. The Kier molecular flexibility index (Phi) is 7.13. The van der Waals surface area contributed by atoms with E-state index in [0.717, 1.165) is 27.5 Å². The van der Waals surface area contributed by atoms with Crippen molar-refractivity contribution in [1.82, 2.24) is 14.3 Å². The molecule has 1 amide bonds. The number of piperidine rings is 1. The first-order chi connectivity index (χ1) is 17.5. The van der Waals surface area contributed by atoms with E-state index >= 15 is 0 Å². The largest absolute Gasteiger partial charge is 0.342 e. The predicted molar refractivity (Wildman–Crippen MR) is 144 cm³/mol. The molecule has 7 nitrogen and oxygen atoms in total. The third-order valence-electron chi connectivity index (χ3n) is 6.43. The Hall–Kier alpha value is -3.14. The normalized spacial score (nSPS) is 15.2. The summed E-state index contributed by atoms with van der Waals surface area (Å²) in [4.78, 5) is 22.0. The number of nitrogens with zero attached hydrogens (tertiary/aromatic N) is 2. The van der Waals surface area contributed by atoms with E-state index in [1.807, 2.05) is 49.4 Å². The van der Waals surface area contributed by atoms with Crippen LogP contribution in [0.1, 0.15) is 41.9 Å². The highest BCUT2D eigenvalue weighted by Crippen LogP contribution is 2.31. The molecule has 4 aromatic rings. The number of H-pyrrole nitrogens is 1. The van der Waals surface area contributed by atoms with Crippen LogP contribution < -0.4 is 5.32 Å². The lowest BCUT2D eigenvalue weighted by Crippen LogP contribution is -2.38. The summed E-state index contributed by atoms with van der Waals surface area (Å²) in [5, 5.41) is 2.88. The van der Waals surface area contributed by atoms with E-state index in [-0.39, 0.29) is 16.7 Å². The molecule has 186 valence electrons. The van der Waals surface area contributed by atoms with Gasteiger partial charge in [0.25, 0.3) is 5.91 Å². The molecule has 0 atom stereocenters. The molecular formula is C27H28N4O3S2. The highest BCUT2D eigenvalue weighted by molar-refractivity contribution is 7.99. The molecule has 0 radical (unpaired) electrons. The fraction of sp³-hybridized carbons (Fsp3) is 0.259. The van der Waals surface area contributed by atoms with Crippen LogP contribution in [0.5, 0.6) is 0 Å². The molecule has 0 spiro atoms. The molecule has 5 rings (SSSR count). The summed E-state index contributed by atoms with van der Waals surface area (Å²) in [6.45, 7) is 2.92. The standard InChI is InChI=1S/C27H28N4O3S2/c1-2-35-25-10-6-3-7-22(25)27(32)28-20-11-13-21(14-12-20)36(33,34)31-17-15-19(16-18-31)26-29-23-8-4-5-9-24(23)30-26/h3-14,19H,2,15-18H2,1H3,(H,28,32)(H,29,30). The van der Waals surface area contributed by atoms with Gasteiger partial charge in [-0.15, -0.1) is 11.8 Å². The number of nitrogens with one attached hydrogen (secondary N) is 2. The van der Waals surface area contributed by atoms with Crippen molar-refractivity contribution in [3.05, 3.63) is 84.2 Å². The summed E-state index contributed by atoms with van der Waals surface area (Å²) in [5.74, 6) is 1.78. The van der Waals surface area contributed by atoms with E-state index in [0.29, 0.717) is 37.2 Å². The number of rotatable bonds is 7. The van der Waals surface area contributed by atoms with Crippen molar-refractivity contribution < 1.29 is 13.2 Å². The van der Waals surface area contributed by atoms with Crippen LogP contribution >= 0.6 is 11.8 Å². The average Bonchev–Trinajstić information content (AvgIpc) is 3.34. The first kappa shape index (κ1) is 24.5. The number of carbonyl (C=O) groups is 1. The van der Waals surface area contributed by atoms with Crippen LogP contribution in [0.3, 0.4) is 0 Å². The average molecular weight is 521 g/mol. The van der Waals surface area contributed by atoms with Gasteiger partial charge in [-0.25, -0.2) is 13.4 Å². The maximum absolute atomic E-state index is 13.3. The molecule has 1 aromatic heterocycles. The predicted octanol–water partition coefficient (Wildman–Crippen LogP) is 5.50. The number of anilines is 1. The van der Waals surface area contributed by atoms with Crippen molar-refractivity contribution in [2.45, 2.75) is 35.5 Å². The zero-order chi connectivity index (χ0) is 25.1. The SMILES string of the molecule is CCSc1ccccc1C(=O)Nc1ccc(S(=O)(=O)N2CCC(c3nc4ccccc4[nH]3)CC2)cc1. The second-order valence-corrected chi connectivity index (χ2v) is 12.0. The molecule has 2 heterocycles. The van der Waals surface area contributed by atoms with Crippen molar-refractivity contribution in [3.8, 4) is 0 Å². The van der Waals surface area contributed by atoms with Crippen LogP contribution in [0.25, 0.3) is 11.0 Å². The van der Waals surface area contributed by atoms with Gasteiger partial charge in [0.1, 0.15) is 5.82 Å². The van der Waals surface area contributed by atoms with Crippen LogP contribution in [-0.4, -0.2) is 47.4 Å². The fourth-order valence-corrected chi connectivity index (χ4v) is 6.80. The Morgan fingerprint density at radius 3 is 2.44 bits per heavy atom. The highest BCUT2D eigenvalue weighted by atomic mass is 32.2. The zero-order valence-corrected chi connectivity index (χ0v) is 21.6. The van der Waals surface area contributed by atoms with Crippen LogP contribution in [0.15, 0.2) is 82.6 Å². The smallest absolute Gasteiger partial charge is 0.256 e. The monoisotopic (exact) mass is 520 g/mol. The Labute approximate surface area is 215 Å². The number of fused-ring (bicyclic) bond motifs is 1. The number of sulfonamides is 1. The van der Waals surface area contributed by atoms with Gasteiger partial charge in [0.05, 0.1) is 21.5 Å². The van der Waals surface area contributed by atoms with Gasteiger partial charge in [-0.3, -0.25) is 4.79 Å². The van der Waals surface area contributed by atoms with E-state index in [4.69, 9.17) is 4.98 Å². The summed E-state index contributed by atoms with van der Waals surface area (Å²) < 4.78 is 28.1. The number of imidazole rings is 1. The molecular weight excluding hydrogens is 492 g/mol. The third-order valence-corrected chi connectivity index (χ3v) is 9.30. The number of amides is 1. The molecule has 1 aliphatic rings. The maximum atomic E-state index is 13.3. The Bertz CT molecular complexity index is 1440. The van der Waals surface area contributed by atoms with Crippen molar-refractivity contribution in [2.24, 2.45) is 0 Å². The summed E-state index contributed by atoms with van der Waals surface area (Å²) in [6.07, 6.45) is 1.42. The van der Waals surface area contributed by atoms with Gasteiger partial charge in [0, 0.05) is 29.6 Å². The Morgan fingerprint density at radius 2 is 1.72 bits per heavy atom. The quantitative estimate of drug-likeness (QED) is 0.314. The molecule has 0 aliphatic carbocycles. The second kappa shape index (κ2) is 10.5. The second-order valence-electron chi connectivity index (χ2n) is 8.73. The van der Waals surface area contributed by atoms with Crippen LogP contribution in [0.4, 0.5) is 5.69 Å². The number of carbonyl (C=O) groups excluding carboxylic acids is 1. The number of benzene rings is 3. The first-order valence-electron chi connectivity index (χ1n) is 12.0. The van der Waals surface area contributed by atoms with E-state index in [1.54, 1.807) is 42.1 Å². The molecule has 1 fully saturated rings. The Morgan fingerprint density at radius 1 is 1.03 bits per heavy atom. The summed E-state index contributed by atoms with van der Waals surface area (Å²) in [7, 11) is -3.62. The van der Waals surface area contributed by atoms with Crippen LogP contribution in [0, 0.1) is 0 Å². The van der Waals surface area contributed by atoms with Gasteiger partial charge >= 0.3 is 0 Å². The summed E-state index contributed by atoms with van der Waals surface area (Å²) in [5.41, 5.74) is 3.09. The van der Waals surface area contributed by atoms with Crippen molar-refractivity contribution >= 4 is 44.4 Å². The number of aromatic amines is 1. The number of hydrogen-bond donors (Lipinski definition) is 2. The number of thioether (sulfide) groups is 1. The van der Waals surface area contributed by atoms with Gasteiger partial charge < -0.3 is 10.3 Å². The van der Waals surface area contributed by atoms with E-state index in [2.05, 4.69) is 10.3 Å². The number of hydrogen-bond acceptors (Lipinski definition) is 5. The molecule has 0 unspecified atom stereocenters. The lowest BCUT2D eigenvalue weighted by molar-refractivity contribution is 0.102. The van der Waals surface area contributed by atoms with Crippen molar-refractivity contribution in [2.75, 3.05) is 24.2 Å². The van der Waals surface area contributed by atoms with Crippen molar-refractivity contribution in [3.63, 3.8) is 0 Å². The molecule has 3 aromatic carbocycles. The van der Waals surface area contributed by atoms with Gasteiger partial charge in [0.15, 0.2) is 0 Å². The third kappa shape index (κ3) is 5.04. The minimum atomic E-state index is -3.62. The maximum Gasteiger partial charge on any atom is 0.256 e. The van der Waals surface area contributed by atoms with Crippen LogP contribution in [0.2, 0.25) is 0 Å². The number of para-hydroxylation sites is 2. The van der Waals surface area contributed by atoms with E-state index in [9.17, 15) is 13.2 Å². The van der Waals surface area contributed by atoms with Gasteiger partial charge in [-0.1, -0.05) is 31.2 Å². The number of aromatic nitrogens is 2. The fourth-order valence-electron chi connectivity index (χ4n) is 4.53. The molecule has 0 saturated carbocycles. The lowest BCUT2D eigenvalue weighted by atomic mass is 9.97. The first-order valence-corrected chi connectivity index (χ1v) is 14.5. The van der Waals surface area contributed by atoms with Crippen LogP contribution in [-0.2, 0) is 10.0 Å². The van der Waals surface area contributed by atoms with E-state index in [1.165, 1.54) is 4.31 Å². The lowest BCUT2D eigenvalue weighted by Gasteiger charge is -2.30. The minimum Gasteiger partial charge on any atom is -0.342 e. The molecule has 0 bridgehead atoms. The molecule has 1 aliphatic heterocycles. The van der Waals surface area contributed by atoms with Gasteiger partial charge in [-0.2, -0.15) is 4.31 Å². The zero-order valence-electron chi connectivity index (χ0n) is 20.0. The van der Waals surface area contributed by atoms with Gasteiger partial charge in [0.2, 0.25) is 10.0 Å². The van der Waals surface area contributed by atoms with Crippen molar-refractivity contribution in [1.29, 1.82) is 0 Å².